The second-order valence-electron chi connectivity index (χ2n) is 4.61. The molecule has 1 unspecified atom stereocenters. The molecule has 100 valence electrons. The highest BCUT2D eigenvalue weighted by Gasteiger charge is 2.32. The molecule has 1 aromatic heterocycles. The molecule has 1 saturated carbocycles. The number of amides is 1. The zero-order valence-electron chi connectivity index (χ0n) is 10.5. The van der Waals surface area contributed by atoms with Gasteiger partial charge in [-0.3, -0.25) is 4.79 Å². The average Bonchev–Trinajstić information content (AvgIpc) is 3.13. The number of carbonyl (C=O) groups excluding carboxylic acids is 1. The normalized spacial score (nSPS) is 16.7. The summed E-state index contributed by atoms with van der Waals surface area (Å²) < 4.78 is 5.08. The lowest BCUT2D eigenvalue weighted by molar-refractivity contribution is -0.117. The molecule has 2 N–H and O–H groups in total. The van der Waals surface area contributed by atoms with Crippen LogP contribution in [0.4, 0.5) is 0 Å². The Kier molecular flexibility index (Phi) is 4.37. The van der Waals surface area contributed by atoms with Crippen molar-refractivity contribution in [1.82, 2.24) is 5.32 Å². The van der Waals surface area contributed by atoms with Gasteiger partial charge in [0.05, 0.1) is 6.26 Å². The number of aliphatic hydroxyl groups is 1. The molecule has 1 amide bonds. The summed E-state index contributed by atoms with van der Waals surface area (Å²) in [6.45, 7) is 0.0330. The Labute approximate surface area is 111 Å². The molecule has 1 fully saturated rings. The van der Waals surface area contributed by atoms with Gasteiger partial charge in [-0.2, -0.15) is 5.26 Å². The van der Waals surface area contributed by atoms with Gasteiger partial charge in [0, 0.05) is 18.7 Å². The van der Waals surface area contributed by atoms with Crippen molar-refractivity contribution in [2.45, 2.75) is 25.3 Å². The van der Waals surface area contributed by atoms with E-state index in [0.717, 1.165) is 12.8 Å². The minimum absolute atomic E-state index is 0.0125. The number of nitriles is 1. The first-order valence-electron chi connectivity index (χ1n) is 6.31. The van der Waals surface area contributed by atoms with Crippen molar-refractivity contribution in [2.75, 3.05) is 6.61 Å². The quantitative estimate of drug-likeness (QED) is 0.599. The van der Waals surface area contributed by atoms with Crippen molar-refractivity contribution in [2.24, 2.45) is 5.92 Å². The van der Waals surface area contributed by atoms with Crippen LogP contribution in [-0.2, 0) is 4.79 Å². The van der Waals surface area contributed by atoms with Gasteiger partial charge in [-0.25, -0.2) is 0 Å². The number of hydrogen-bond acceptors (Lipinski definition) is 4. The van der Waals surface area contributed by atoms with Crippen LogP contribution >= 0.6 is 0 Å². The summed E-state index contributed by atoms with van der Waals surface area (Å²) in [5, 5.41) is 20.8. The third-order valence-corrected chi connectivity index (χ3v) is 3.14. The predicted octanol–water partition coefficient (Wildman–Crippen LogP) is 1.46. The van der Waals surface area contributed by atoms with Crippen molar-refractivity contribution in [3.8, 4) is 6.07 Å². The highest BCUT2D eigenvalue weighted by atomic mass is 16.3. The average molecular weight is 260 g/mol. The van der Waals surface area contributed by atoms with Gasteiger partial charge in [-0.05, 0) is 37.3 Å². The summed E-state index contributed by atoms with van der Waals surface area (Å²) in [6.07, 6.45) is 5.55. The predicted molar refractivity (Wildman–Crippen MR) is 68.7 cm³/mol. The van der Waals surface area contributed by atoms with Crippen molar-refractivity contribution in [1.29, 1.82) is 5.26 Å². The maximum atomic E-state index is 12.0. The van der Waals surface area contributed by atoms with Crippen molar-refractivity contribution < 1.29 is 14.3 Å². The number of nitrogens with zero attached hydrogens (tertiary/aromatic N) is 1. The van der Waals surface area contributed by atoms with E-state index in [4.69, 9.17) is 14.8 Å². The van der Waals surface area contributed by atoms with E-state index in [-0.39, 0.29) is 18.2 Å². The maximum Gasteiger partial charge on any atom is 0.262 e. The second-order valence-corrected chi connectivity index (χ2v) is 4.61. The Morgan fingerprint density at radius 1 is 1.68 bits per heavy atom. The van der Waals surface area contributed by atoms with Crippen LogP contribution in [0, 0.1) is 17.2 Å². The minimum atomic E-state index is -0.413. The van der Waals surface area contributed by atoms with Crippen LogP contribution in [0.15, 0.2) is 28.4 Å². The fourth-order valence-electron chi connectivity index (χ4n) is 1.97. The van der Waals surface area contributed by atoms with Gasteiger partial charge < -0.3 is 14.8 Å². The summed E-state index contributed by atoms with van der Waals surface area (Å²) in [6, 6.07) is 5.19. The topological polar surface area (TPSA) is 86.3 Å². The number of hydrogen-bond donors (Lipinski definition) is 2. The van der Waals surface area contributed by atoms with Crippen molar-refractivity contribution in [3.05, 3.63) is 29.7 Å². The lowest BCUT2D eigenvalue weighted by Gasteiger charge is -2.16. The van der Waals surface area contributed by atoms with E-state index < -0.39 is 5.91 Å². The molecule has 0 aromatic carbocycles. The number of nitrogens with one attached hydrogen (secondary N) is 1. The molecular formula is C14H16N2O3. The van der Waals surface area contributed by atoms with Crippen LogP contribution in [0.5, 0.6) is 0 Å². The Bertz CT molecular complexity index is 495. The molecule has 1 aliphatic carbocycles. The highest BCUT2D eigenvalue weighted by molar-refractivity contribution is 6.01. The molecule has 0 saturated heterocycles. The lowest BCUT2D eigenvalue weighted by atomic mass is 10.1. The van der Waals surface area contributed by atoms with Gasteiger partial charge >= 0.3 is 0 Å². The molecule has 0 bridgehead atoms. The van der Waals surface area contributed by atoms with Gasteiger partial charge in [0.25, 0.3) is 5.91 Å². The monoisotopic (exact) mass is 260 g/mol. The Morgan fingerprint density at radius 2 is 2.47 bits per heavy atom. The SMILES string of the molecule is N#C/C(=C\c1ccco1)C(=O)NC(CCO)C1CC1. The number of aliphatic hydroxyl groups excluding tert-OH is 1. The molecular weight excluding hydrogens is 244 g/mol. The molecule has 0 spiro atoms. The van der Waals surface area contributed by atoms with E-state index in [1.54, 1.807) is 12.1 Å². The first kappa shape index (κ1) is 13.4. The van der Waals surface area contributed by atoms with E-state index >= 15 is 0 Å². The van der Waals surface area contributed by atoms with Crippen LogP contribution < -0.4 is 5.32 Å². The number of carbonyl (C=O) groups is 1. The third kappa shape index (κ3) is 3.70. The Balaban J connectivity index is 2.02. The van der Waals surface area contributed by atoms with E-state index in [0.29, 0.717) is 18.1 Å². The smallest absolute Gasteiger partial charge is 0.262 e. The van der Waals surface area contributed by atoms with Gasteiger partial charge in [0.2, 0.25) is 0 Å². The fraction of sp³-hybridized carbons (Fsp3) is 0.429. The van der Waals surface area contributed by atoms with E-state index in [9.17, 15) is 4.79 Å². The fourth-order valence-corrected chi connectivity index (χ4v) is 1.97. The lowest BCUT2D eigenvalue weighted by Crippen LogP contribution is -2.37. The van der Waals surface area contributed by atoms with Gasteiger partial charge in [-0.1, -0.05) is 0 Å². The minimum Gasteiger partial charge on any atom is -0.465 e. The zero-order chi connectivity index (χ0) is 13.7. The Morgan fingerprint density at radius 3 is 3.00 bits per heavy atom. The highest BCUT2D eigenvalue weighted by Crippen LogP contribution is 2.34. The van der Waals surface area contributed by atoms with Crippen LogP contribution in [0.1, 0.15) is 25.0 Å². The zero-order valence-corrected chi connectivity index (χ0v) is 10.5. The van der Waals surface area contributed by atoms with E-state index in [1.165, 1.54) is 12.3 Å². The molecule has 0 aliphatic heterocycles. The van der Waals surface area contributed by atoms with Crippen molar-refractivity contribution >= 4 is 12.0 Å². The van der Waals surface area contributed by atoms with Crippen LogP contribution in [0.3, 0.4) is 0 Å². The first-order valence-corrected chi connectivity index (χ1v) is 6.31. The molecule has 0 radical (unpaired) electrons. The van der Waals surface area contributed by atoms with Gasteiger partial charge in [0.15, 0.2) is 0 Å². The molecule has 2 rings (SSSR count). The summed E-state index contributed by atoms with van der Waals surface area (Å²) >= 11 is 0. The van der Waals surface area contributed by atoms with Crippen LogP contribution in [-0.4, -0.2) is 23.7 Å². The first-order chi connectivity index (χ1) is 9.24. The molecule has 5 nitrogen and oxygen atoms in total. The van der Waals surface area contributed by atoms with E-state index in [1.807, 2.05) is 6.07 Å². The molecule has 1 atom stereocenters. The molecule has 5 heteroatoms. The summed E-state index contributed by atoms with van der Waals surface area (Å²) in [4.78, 5) is 12.0. The second kappa shape index (κ2) is 6.21. The molecule has 19 heavy (non-hydrogen) atoms. The van der Waals surface area contributed by atoms with Crippen molar-refractivity contribution in [3.63, 3.8) is 0 Å². The van der Waals surface area contributed by atoms with Gasteiger partial charge in [0.1, 0.15) is 17.4 Å². The molecule has 1 heterocycles. The number of rotatable bonds is 6. The standard InChI is InChI=1S/C14H16N2O3/c15-9-11(8-12-2-1-7-19-12)14(18)16-13(5-6-17)10-3-4-10/h1-2,7-8,10,13,17H,3-6H2,(H,16,18)/b11-8+. The maximum absolute atomic E-state index is 12.0. The van der Waals surface area contributed by atoms with Crippen LogP contribution in [0.2, 0.25) is 0 Å². The summed E-state index contributed by atoms with van der Waals surface area (Å²) in [7, 11) is 0. The number of furan rings is 1. The largest absolute Gasteiger partial charge is 0.465 e. The summed E-state index contributed by atoms with van der Waals surface area (Å²) in [5.41, 5.74) is 0.0125. The summed E-state index contributed by atoms with van der Waals surface area (Å²) in [5.74, 6) is 0.487. The molecule has 1 aliphatic rings. The van der Waals surface area contributed by atoms with Gasteiger partial charge in [-0.15, -0.1) is 0 Å². The molecule has 1 aromatic rings. The Hall–Kier alpha value is -2.06. The third-order valence-electron chi connectivity index (χ3n) is 3.14. The van der Waals surface area contributed by atoms with Crippen LogP contribution in [0.25, 0.3) is 6.08 Å². The van der Waals surface area contributed by atoms with E-state index in [2.05, 4.69) is 5.32 Å².